The number of aliphatic hydroxyl groups excluding tert-OH is 1. The molecule has 0 amide bonds. The summed E-state index contributed by atoms with van der Waals surface area (Å²) in [6.07, 6.45) is 4.83. The molecule has 39 heavy (non-hydrogen) atoms. The van der Waals surface area contributed by atoms with Gasteiger partial charge in [0.15, 0.2) is 5.78 Å². The van der Waals surface area contributed by atoms with Crippen molar-refractivity contribution in [2.24, 2.45) is 10.8 Å². The van der Waals surface area contributed by atoms with Crippen LogP contribution in [0.15, 0.2) is 96.9 Å². The first-order chi connectivity index (χ1) is 18.1. The Hall–Kier alpha value is -3.27. The topological polar surface area (TPSA) is 59.4 Å². The predicted octanol–water partition coefficient (Wildman–Crippen LogP) is 9.36. The molecule has 0 saturated heterocycles. The van der Waals surface area contributed by atoms with Gasteiger partial charge >= 0.3 is 0 Å². The number of allylic oxidation sites excluding steroid dienone is 2. The molecule has 0 bridgehead atoms. The molecular weight excluding hydrogens is 663 g/mol. The third-order valence-corrected chi connectivity index (χ3v) is 7.09. The maximum absolute atomic E-state index is 11.8. The van der Waals surface area contributed by atoms with E-state index in [9.17, 15) is 9.90 Å². The molecule has 5 heteroatoms. The second-order valence-corrected chi connectivity index (χ2v) is 10.6. The average Bonchev–Trinajstić information content (AvgIpc) is 2.94. The summed E-state index contributed by atoms with van der Waals surface area (Å²) < 4.78 is 5.77. The van der Waals surface area contributed by atoms with Gasteiger partial charge in [0.05, 0.1) is 0 Å². The molecule has 4 nitrogen and oxygen atoms in total. The van der Waals surface area contributed by atoms with Crippen LogP contribution in [-0.4, -0.2) is 15.9 Å². The molecule has 0 spiro atoms. The van der Waals surface area contributed by atoms with Crippen LogP contribution in [-0.2, 0) is 24.9 Å². The van der Waals surface area contributed by atoms with Crippen LogP contribution in [0.2, 0.25) is 0 Å². The molecule has 0 fully saturated rings. The largest absolute Gasteiger partial charge is 0.512 e. The van der Waals surface area contributed by atoms with Gasteiger partial charge in [-0.3, -0.25) is 4.79 Å². The summed E-state index contributed by atoms with van der Waals surface area (Å²) in [6.45, 7) is 11.7. The van der Waals surface area contributed by atoms with Crippen LogP contribution in [0, 0.1) is 16.9 Å². The minimum Gasteiger partial charge on any atom is -0.512 e. The van der Waals surface area contributed by atoms with Gasteiger partial charge in [0.25, 0.3) is 0 Å². The van der Waals surface area contributed by atoms with Crippen LogP contribution < -0.4 is 4.74 Å². The van der Waals surface area contributed by atoms with Crippen molar-refractivity contribution in [3.63, 3.8) is 0 Å². The Morgan fingerprint density at radius 3 is 2.15 bits per heavy atom. The van der Waals surface area contributed by atoms with Crippen molar-refractivity contribution < 1.29 is 34.7 Å². The number of aromatic nitrogens is 1. The van der Waals surface area contributed by atoms with E-state index in [1.165, 1.54) is 17.2 Å². The van der Waals surface area contributed by atoms with Crippen molar-refractivity contribution >= 4 is 16.6 Å². The maximum Gasteiger partial charge on any atom is 0.217 e. The number of benzene rings is 3. The van der Waals surface area contributed by atoms with Gasteiger partial charge in [-0.05, 0) is 35.4 Å². The van der Waals surface area contributed by atoms with E-state index in [4.69, 9.17) is 4.74 Å². The average molecular weight is 701 g/mol. The van der Waals surface area contributed by atoms with E-state index in [1.807, 2.05) is 96.3 Å². The van der Waals surface area contributed by atoms with Crippen molar-refractivity contribution in [2.45, 2.75) is 54.4 Å². The number of carbonyl (C=O) groups excluding carboxylic acids is 1. The number of hydrogen-bond acceptors (Lipinski definition) is 4. The molecule has 1 N–H and O–H groups in total. The van der Waals surface area contributed by atoms with Crippen LogP contribution in [0.1, 0.15) is 54.4 Å². The summed E-state index contributed by atoms with van der Waals surface area (Å²) in [5.41, 5.74) is 1.70. The normalized spacial score (nSPS) is 11.7. The van der Waals surface area contributed by atoms with Crippen molar-refractivity contribution in [3.8, 4) is 22.8 Å². The molecule has 0 atom stereocenters. The van der Waals surface area contributed by atoms with Gasteiger partial charge in [0, 0.05) is 60.4 Å². The quantitative estimate of drug-likeness (QED) is 0.113. The zero-order valence-corrected chi connectivity index (χ0v) is 26.0. The number of para-hydroxylation sites is 1. The second kappa shape index (κ2) is 14.2. The SMILES string of the molecule is CCC(C)(C)C(=O)/C=C(\O)C(C)(C)CC.[Ir].[c-]1ccccc1Oc1cc2cc(-c3ccccc3)ccc2cn1. The Morgan fingerprint density at radius 2 is 1.54 bits per heavy atom. The zero-order chi connectivity index (χ0) is 27.8. The first-order valence-electron chi connectivity index (χ1n) is 13.1. The molecule has 1 heterocycles. The van der Waals surface area contributed by atoms with Crippen LogP contribution in [0.3, 0.4) is 0 Å². The summed E-state index contributed by atoms with van der Waals surface area (Å²) in [7, 11) is 0. The number of pyridine rings is 1. The molecule has 3 aromatic carbocycles. The minimum absolute atomic E-state index is 0. The van der Waals surface area contributed by atoms with Crippen molar-refractivity contribution in [1.82, 2.24) is 4.98 Å². The molecule has 0 saturated carbocycles. The molecule has 4 rings (SSSR count). The molecule has 0 aliphatic heterocycles. The fourth-order valence-corrected chi connectivity index (χ4v) is 3.41. The predicted molar refractivity (Wildman–Crippen MR) is 156 cm³/mol. The van der Waals surface area contributed by atoms with E-state index in [1.54, 1.807) is 0 Å². The van der Waals surface area contributed by atoms with Crippen molar-refractivity contribution in [2.75, 3.05) is 0 Å². The van der Waals surface area contributed by atoms with Crippen LogP contribution in [0.25, 0.3) is 21.9 Å². The fraction of sp³-hybridized carbons (Fsp3) is 0.294. The monoisotopic (exact) mass is 701 g/mol. The van der Waals surface area contributed by atoms with E-state index >= 15 is 0 Å². The summed E-state index contributed by atoms with van der Waals surface area (Å²) >= 11 is 0. The number of aliphatic hydroxyl groups is 1. The van der Waals surface area contributed by atoms with Gasteiger partial charge in [-0.25, -0.2) is 4.98 Å². The van der Waals surface area contributed by atoms with Gasteiger partial charge in [-0.2, -0.15) is 18.2 Å². The van der Waals surface area contributed by atoms with E-state index in [2.05, 4.69) is 41.4 Å². The van der Waals surface area contributed by atoms with Gasteiger partial charge in [-0.15, -0.1) is 12.1 Å². The first kappa shape index (κ1) is 31.9. The van der Waals surface area contributed by atoms with E-state index in [0.717, 1.165) is 23.6 Å². The Morgan fingerprint density at radius 1 is 0.872 bits per heavy atom. The first-order valence-corrected chi connectivity index (χ1v) is 13.1. The number of nitrogens with zero attached hydrogens (tertiary/aromatic N) is 1. The Bertz CT molecular complexity index is 1380. The molecule has 0 unspecified atom stereocenters. The van der Waals surface area contributed by atoms with Gasteiger partial charge in [0.1, 0.15) is 5.76 Å². The third-order valence-electron chi connectivity index (χ3n) is 7.09. The molecular formula is C34H38IrNO3-. The van der Waals surface area contributed by atoms with Gasteiger partial charge < -0.3 is 9.84 Å². The summed E-state index contributed by atoms with van der Waals surface area (Å²) in [4.78, 5) is 16.2. The van der Waals surface area contributed by atoms with Crippen LogP contribution in [0.5, 0.6) is 11.6 Å². The number of ether oxygens (including phenoxy) is 1. The molecule has 0 aliphatic rings. The smallest absolute Gasteiger partial charge is 0.217 e. The van der Waals surface area contributed by atoms with E-state index in [-0.39, 0.29) is 42.5 Å². The standard InChI is InChI=1S/C21H14NO.C13H24O2.Ir/c1-3-7-16(8-4-1)17-11-12-18-15-22-21(14-19(18)13-17)23-20-9-5-2-6-10-20;1-7-12(3,4)10(14)9-11(15)13(5,6)8-2;/h1-9,11-15H;9,14H,7-8H2,1-6H3;/q-1;;/b;10-9-;. The van der Waals surface area contributed by atoms with Crippen LogP contribution in [0.4, 0.5) is 0 Å². The molecule has 1 aromatic heterocycles. The van der Waals surface area contributed by atoms with E-state index in [0.29, 0.717) is 11.6 Å². The number of hydrogen-bond donors (Lipinski definition) is 1. The number of ketones is 1. The van der Waals surface area contributed by atoms with Gasteiger partial charge in [0.2, 0.25) is 5.88 Å². The summed E-state index contributed by atoms with van der Waals surface area (Å²) in [5.74, 6) is 1.43. The minimum atomic E-state index is -0.377. The zero-order valence-electron chi connectivity index (χ0n) is 23.6. The number of fused-ring (bicyclic) bond motifs is 1. The number of carbonyl (C=O) groups is 1. The summed E-state index contributed by atoms with van der Waals surface area (Å²) in [6, 6.07) is 29.2. The maximum atomic E-state index is 11.8. The summed E-state index contributed by atoms with van der Waals surface area (Å²) in [5, 5.41) is 12.0. The Labute approximate surface area is 246 Å². The van der Waals surface area contributed by atoms with Crippen molar-refractivity contribution in [1.29, 1.82) is 0 Å². The molecule has 0 aliphatic carbocycles. The van der Waals surface area contributed by atoms with Crippen molar-refractivity contribution in [3.05, 3.63) is 103 Å². The fourth-order valence-electron chi connectivity index (χ4n) is 3.41. The Kier molecular flexibility index (Phi) is 11.6. The number of rotatable bonds is 8. The molecule has 207 valence electrons. The third kappa shape index (κ3) is 8.88. The van der Waals surface area contributed by atoms with Crippen LogP contribution >= 0.6 is 0 Å². The Balaban J connectivity index is 0.000000294. The second-order valence-electron chi connectivity index (χ2n) is 10.6. The molecule has 4 aromatic rings. The molecule has 1 radical (unpaired) electrons. The van der Waals surface area contributed by atoms with E-state index < -0.39 is 0 Å². The van der Waals surface area contributed by atoms with Gasteiger partial charge in [-0.1, -0.05) is 84.0 Å².